The molecule has 1 rings (SSSR count). The van der Waals surface area contributed by atoms with Crippen molar-refractivity contribution < 1.29 is 9.90 Å². The fourth-order valence-electron chi connectivity index (χ4n) is 1.95. The second-order valence-corrected chi connectivity index (χ2v) is 5.14. The molecule has 0 aromatic heterocycles. The maximum Gasteiger partial charge on any atom is 0.244 e. The fraction of sp³-hybridized carbons (Fsp3) is 0.600. The van der Waals surface area contributed by atoms with E-state index in [4.69, 9.17) is 5.26 Å². The summed E-state index contributed by atoms with van der Waals surface area (Å²) in [7, 11) is 0. The van der Waals surface area contributed by atoms with Gasteiger partial charge in [0, 0.05) is 12.6 Å². The number of likely N-dealkylation sites (N-methyl/N-ethyl adjacent to an activating group) is 1. The van der Waals surface area contributed by atoms with Crippen LogP contribution in [0.2, 0.25) is 0 Å². The summed E-state index contributed by atoms with van der Waals surface area (Å²) in [6.07, 6.45) is 7.06. The van der Waals surface area contributed by atoms with E-state index in [0.717, 1.165) is 18.4 Å². The molecule has 0 heterocycles. The van der Waals surface area contributed by atoms with Gasteiger partial charge in [0.05, 0.1) is 17.1 Å². The molecule has 0 aromatic carbocycles. The van der Waals surface area contributed by atoms with Crippen LogP contribution in [0.3, 0.4) is 0 Å². The number of hydrogen-bond acceptors (Lipinski definition) is 3. The van der Waals surface area contributed by atoms with Gasteiger partial charge in [0.15, 0.2) is 0 Å². The third-order valence-electron chi connectivity index (χ3n) is 3.63. The number of carbonyl (C=O) groups excluding carboxylic acids is 1. The van der Waals surface area contributed by atoms with Crippen molar-refractivity contribution in [1.29, 1.82) is 5.26 Å². The molecular weight excluding hydrogens is 240 g/mol. The number of aliphatic hydroxyl groups is 1. The standard InChI is InChI=1S/C15H22N2O2/c1-4-12(10-13(18)17-5-2)6-7-14(3,19)15(11-16)8-9-15/h6-7,10,19H,4-5,8-9H2,1-3H3,(H,17,18)/b7-6+,12-10-/t14-/m0/s1. The van der Waals surface area contributed by atoms with Gasteiger partial charge >= 0.3 is 0 Å². The van der Waals surface area contributed by atoms with Crippen molar-refractivity contribution in [2.75, 3.05) is 6.54 Å². The lowest BCUT2D eigenvalue weighted by atomic mass is 9.86. The largest absolute Gasteiger partial charge is 0.384 e. The van der Waals surface area contributed by atoms with Crippen molar-refractivity contribution in [2.24, 2.45) is 5.41 Å². The Morgan fingerprint density at radius 3 is 2.58 bits per heavy atom. The first kappa shape index (κ1) is 15.5. The monoisotopic (exact) mass is 262 g/mol. The minimum atomic E-state index is -1.14. The zero-order chi connectivity index (χ0) is 14.5. The summed E-state index contributed by atoms with van der Waals surface area (Å²) in [6, 6.07) is 2.20. The molecule has 0 saturated heterocycles. The molecule has 19 heavy (non-hydrogen) atoms. The molecule has 1 saturated carbocycles. The van der Waals surface area contributed by atoms with Gasteiger partial charge in [-0.2, -0.15) is 5.26 Å². The first-order chi connectivity index (χ1) is 8.90. The van der Waals surface area contributed by atoms with E-state index in [1.165, 1.54) is 6.08 Å². The number of rotatable bonds is 6. The van der Waals surface area contributed by atoms with E-state index in [-0.39, 0.29) is 5.91 Å². The molecule has 4 heteroatoms. The molecule has 1 aliphatic carbocycles. The molecule has 1 aliphatic rings. The Bertz CT molecular complexity index is 438. The summed E-state index contributed by atoms with van der Waals surface area (Å²) in [5.41, 5.74) is -0.953. The minimum absolute atomic E-state index is 0.134. The smallest absolute Gasteiger partial charge is 0.244 e. The van der Waals surface area contributed by atoms with Gasteiger partial charge in [-0.1, -0.05) is 19.1 Å². The second-order valence-electron chi connectivity index (χ2n) is 5.14. The van der Waals surface area contributed by atoms with Crippen LogP contribution in [-0.4, -0.2) is 23.2 Å². The summed E-state index contributed by atoms with van der Waals surface area (Å²) in [6.45, 7) is 6.05. The van der Waals surface area contributed by atoms with E-state index in [1.54, 1.807) is 19.1 Å². The Labute approximate surface area is 114 Å². The number of amides is 1. The van der Waals surface area contributed by atoms with Crippen LogP contribution in [0.25, 0.3) is 0 Å². The van der Waals surface area contributed by atoms with E-state index >= 15 is 0 Å². The highest BCUT2D eigenvalue weighted by Crippen LogP contribution is 2.54. The van der Waals surface area contributed by atoms with Crippen LogP contribution in [-0.2, 0) is 4.79 Å². The fourth-order valence-corrected chi connectivity index (χ4v) is 1.95. The average molecular weight is 262 g/mol. The maximum atomic E-state index is 11.5. The minimum Gasteiger partial charge on any atom is -0.384 e. The van der Waals surface area contributed by atoms with Crippen LogP contribution in [0.5, 0.6) is 0 Å². The number of nitrogens with zero attached hydrogens (tertiary/aromatic N) is 1. The molecule has 0 spiro atoms. The van der Waals surface area contributed by atoms with Crippen molar-refractivity contribution in [3.63, 3.8) is 0 Å². The lowest BCUT2D eigenvalue weighted by Gasteiger charge is -2.24. The molecule has 0 bridgehead atoms. The lowest BCUT2D eigenvalue weighted by molar-refractivity contribution is -0.116. The topological polar surface area (TPSA) is 73.1 Å². The predicted molar refractivity (Wildman–Crippen MR) is 74.1 cm³/mol. The molecule has 4 nitrogen and oxygen atoms in total. The van der Waals surface area contributed by atoms with Gasteiger partial charge in [0.1, 0.15) is 0 Å². The third kappa shape index (κ3) is 3.68. The first-order valence-corrected chi connectivity index (χ1v) is 6.72. The Hall–Kier alpha value is -1.60. The molecule has 1 amide bonds. The highest BCUT2D eigenvalue weighted by molar-refractivity contribution is 5.88. The van der Waals surface area contributed by atoms with Gasteiger partial charge in [0.2, 0.25) is 5.91 Å². The Kier molecular flexibility index (Phi) is 4.90. The van der Waals surface area contributed by atoms with Crippen molar-refractivity contribution in [1.82, 2.24) is 5.32 Å². The van der Waals surface area contributed by atoms with E-state index in [2.05, 4.69) is 11.4 Å². The van der Waals surface area contributed by atoms with Gasteiger partial charge in [-0.15, -0.1) is 0 Å². The SMILES string of the molecule is CCNC(=O)/C=C(\C=C\[C@](C)(O)C1(C#N)CC1)CC. The second kappa shape index (κ2) is 6.03. The quantitative estimate of drug-likeness (QED) is 0.568. The zero-order valence-electron chi connectivity index (χ0n) is 11.9. The summed E-state index contributed by atoms with van der Waals surface area (Å²) in [5, 5.41) is 22.2. The summed E-state index contributed by atoms with van der Waals surface area (Å²) >= 11 is 0. The molecule has 0 unspecified atom stereocenters. The molecule has 0 aromatic rings. The third-order valence-corrected chi connectivity index (χ3v) is 3.63. The molecule has 104 valence electrons. The first-order valence-electron chi connectivity index (χ1n) is 6.72. The van der Waals surface area contributed by atoms with E-state index in [0.29, 0.717) is 13.0 Å². The highest BCUT2D eigenvalue weighted by Gasteiger charge is 2.55. The molecular formula is C15H22N2O2. The van der Waals surface area contributed by atoms with Crippen LogP contribution in [0.15, 0.2) is 23.8 Å². The number of nitriles is 1. The average Bonchev–Trinajstić information content (AvgIpc) is 3.16. The molecule has 0 aliphatic heterocycles. The predicted octanol–water partition coefficient (Wildman–Crippen LogP) is 2.07. The van der Waals surface area contributed by atoms with Crippen LogP contribution >= 0.6 is 0 Å². The lowest BCUT2D eigenvalue weighted by Crippen LogP contribution is -2.33. The number of nitrogens with one attached hydrogen (secondary N) is 1. The zero-order valence-corrected chi connectivity index (χ0v) is 11.9. The van der Waals surface area contributed by atoms with Crippen molar-refractivity contribution in [2.45, 2.75) is 45.6 Å². The number of allylic oxidation sites excluding steroid dienone is 2. The Morgan fingerprint density at radius 1 is 1.53 bits per heavy atom. The summed E-state index contributed by atoms with van der Waals surface area (Å²) in [5.74, 6) is -0.134. The summed E-state index contributed by atoms with van der Waals surface area (Å²) < 4.78 is 0. The van der Waals surface area contributed by atoms with Crippen molar-refractivity contribution in [3.05, 3.63) is 23.8 Å². The maximum absolute atomic E-state index is 11.5. The van der Waals surface area contributed by atoms with E-state index < -0.39 is 11.0 Å². The Balaban J connectivity index is 2.79. The van der Waals surface area contributed by atoms with E-state index in [9.17, 15) is 9.90 Å². The molecule has 1 atom stereocenters. The number of hydrogen-bond donors (Lipinski definition) is 2. The van der Waals surface area contributed by atoms with Gasteiger partial charge in [0.25, 0.3) is 0 Å². The highest BCUT2D eigenvalue weighted by atomic mass is 16.3. The molecule has 2 N–H and O–H groups in total. The normalized spacial score (nSPS) is 20.7. The van der Waals surface area contributed by atoms with Crippen LogP contribution in [0, 0.1) is 16.7 Å². The van der Waals surface area contributed by atoms with Crippen molar-refractivity contribution >= 4 is 5.91 Å². The Morgan fingerprint density at radius 2 is 2.16 bits per heavy atom. The van der Waals surface area contributed by atoms with Crippen LogP contribution in [0.4, 0.5) is 0 Å². The van der Waals surface area contributed by atoms with Gasteiger partial charge < -0.3 is 10.4 Å². The number of carbonyl (C=O) groups is 1. The van der Waals surface area contributed by atoms with Gasteiger partial charge in [-0.05, 0) is 38.7 Å². The van der Waals surface area contributed by atoms with E-state index in [1.807, 2.05) is 13.8 Å². The van der Waals surface area contributed by atoms with Crippen LogP contribution < -0.4 is 5.32 Å². The molecule has 0 radical (unpaired) electrons. The molecule has 1 fully saturated rings. The van der Waals surface area contributed by atoms with Crippen molar-refractivity contribution in [3.8, 4) is 6.07 Å². The summed E-state index contributed by atoms with van der Waals surface area (Å²) in [4.78, 5) is 11.5. The van der Waals surface area contributed by atoms with Gasteiger partial charge in [-0.25, -0.2) is 0 Å². The van der Waals surface area contributed by atoms with Crippen LogP contribution in [0.1, 0.15) is 40.0 Å². The van der Waals surface area contributed by atoms with Gasteiger partial charge in [-0.3, -0.25) is 4.79 Å².